The highest BCUT2D eigenvalue weighted by Gasteiger charge is 2.28. The fraction of sp³-hybridized carbons (Fsp3) is 0.250. The maximum atomic E-state index is 13.7. The third-order valence-corrected chi connectivity index (χ3v) is 5.57. The summed E-state index contributed by atoms with van der Waals surface area (Å²) < 4.78 is 5.72. The van der Waals surface area contributed by atoms with E-state index in [0.29, 0.717) is 18.0 Å². The van der Waals surface area contributed by atoms with Crippen LogP contribution in [0.25, 0.3) is 10.8 Å². The van der Waals surface area contributed by atoms with Crippen molar-refractivity contribution in [3.63, 3.8) is 0 Å². The van der Waals surface area contributed by atoms with Crippen LogP contribution in [0.1, 0.15) is 37.0 Å². The second kappa shape index (κ2) is 10.3. The molecule has 1 atom stereocenters. The van der Waals surface area contributed by atoms with Crippen LogP contribution in [0.4, 0.5) is 11.4 Å². The Labute approximate surface area is 195 Å². The first-order chi connectivity index (χ1) is 15.7. The Morgan fingerprint density at radius 3 is 2.48 bits per heavy atom. The first-order valence-electron chi connectivity index (χ1n) is 10.4. The van der Waals surface area contributed by atoms with Crippen molar-refractivity contribution in [1.29, 1.82) is 0 Å². The topological polar surface area (TPSA) is 110 Å². The number of carbonyl (C=O) groups is 2. The summed E-state index contributed by atoms with van der Waals surface area (Å²) in [4.78, 5) is 37.0. The van der Waals surface area contributed by atoms with Gasteiger partial charge in [0.05, 0.1) is 17.2 Å². The second-order valence-electron chi connectivity index (χ2n) is 7.44. The number of halogens is 1. The number of fused-ring (bicyclic) bond motifs is 1. The van der Waals surface area contributed by atoms with E-state index in [-0.39, 0.29) is 29.1 Å². The van der Waals surface area contributed by atoms with Gasteiger partial charge in [-0.1, -0.05) is 35.9 Å². The molecule has 3 aromatic carbocycles. The van der Waals surface area contributed by atoms with Gasteiger partial charge >= 0.3 is 5.97 Å². The van der Waals surface area contributed by atoms with Crippen LogP contribution in [-0.4, -0.2) is 34.6 Å². The van der Waals surface area contributed by atoms with E-state index in [1.165, 1.54) is 17.0 Å². The molecular weight excluding hydrogens is 448 g/mol. The van der Waals surface area contributed by atoms with Crippen molar-refractivity contribution in [1.82, 2.24) is 0 Å². The van der Waals surface area contributed by atoms with E-state index < -0.39 is 22.8 Å². The number of ether oxygens (including phenoxy) is 1. The van der Waals surface area contributed by atoms with Gasteiger partial charge < -0.3 is 14.7 Å². The lowest BCUT2D eigenvalue weighted by Crippen LogP contribution is -2.39. The standard InChI is InChI=1S/C24H23ClN2O6/c1-3-33-22-12-11-20(17-6-4-5-7-18(17)22)26(15(2)8-13-23(28)29)24(30)16-9-10-19(25)21(14-16)27(31)32/h4-7,9-12,14-15H,3,8,13H2,1-2H3,(H,28,29). The van der Waals surface area contributed by atoms with Crippen LogP contribution in [0.15, 0.2) is 54.6 Å². The lowest BCUT2D eigenvalue weighted by Gasteiger charge is -2.31. The van der Waals surface area contributed by atoms with Gasteiger partial charge in [-0.15, -0.1) is 0 Å². The van der Waals surface area contributed by atoms with Crippen molar-refractivity contribution in [2.24, 2.45) is 0 Å². The summed E-state index contributed by atoms with van der Waals surface area (Å²) >= 11 is 5.92. The van der Waals surface area contributed by atoms with Gasteiger partial charge in [0.15, 0.2) is 0 Å². The number of nitrogens with zero attached hydrogens (tertiary/aromatic N) is 2. The molecule has 0 radical (unpaired) electrons. The number of carbonyl (C=O) groups excluding carboxylic acids is 1. The zero-order valence-corrected chi connectivity index (χ0v) is 18.9. The summed E-state index contributed by atoms with van der Waals surface area (Å²) in [5, 5.41) is 22.0. The molecule has 1 N–H and O–H groups in total. The van der Waals surface area contributed by atoms with Crippen molar-refractivity contribution in [3.8, 4) is 5.75 Å². The minimum Gasteiger partial charge on any atom is -0.493 e. The van der Waals surface area contributed by atoms with Crippen LogP contribution in [-0.2, 0) is 4.79 Å². The zero-order chi connectivity index (χ0) is 24.1. The summed E-state index contributed by atoms with van der Waals surface area (Å²) in [7, 11) is 0. The van der Waals surface area contributed by atoms with Gasteiger partial charge in [-0.3, -0.25) is 19.7 Å². The Kier molecular flexibility index (Phi) is 7.50. The van der Waals surface area contributed by atoms with E-state index in [9.17, 15) is 19.7 Å². The molecule has 33 heavy (non-hydrogen) atoms. The number of benzene rings is 3. The Morgan fingerprint density at radius 1 is 1.15 bits per heavy atom. The van der Waals surface area contributed by atoms with E-state index >= 15 is 0 Å². The van der Waals surface area contributed by atoms with E-state index in [1.807, 2.05) is 31.2 Å². The largest absolute Gasteiger partial charge is 0.493 e. The highest BCUT2D eigenvalue weighted by Crippen LogP contribution is 2.36. The van der Waals surface area contributed by atoms with Crippen LogP contribution < -0.4 is 9.64 Å². The maximum absolute atomic E-state index is 13.7. The highest BCUT2D eigenvalue weighted by molar-refractivity contribution is 6.32. The molecule has 1 amide bonds. The molecule has 1 unspecified atom stereocenters. The van der Waals surface area contributed by atoms with E-state index in [4.69, 9.17) is 21.4 Å². The number of aliphatic carboxylic acids is 1. The minimum absolute atomic E-state index is 0.0752. The molecule has 0 heterocycles. The SMILES string of the molecule is CCOc1ccc(N(C(=O)c2ccc(Cl)c([N+](=O)[O-])c2)C(C)CCC(=O)O)c2ccccc12. The Bertz CT molecular complexity index is 1210. The van der Waals surface area contributed by atoms with Gasteiger partial charge in [-0.2, -0.15) is 0 Å². The smallest absolute Gasteiger partial charge is 0.303 e. The molecule has 0 aliphatic carbocycles. The second-order valence-corrected chi connectivity index (χ2v) is 7.85. The van der Waals surface area contributed by atoms with Crippen molar-refractivity contribution >= 4 is 45.6 Å². The lowest BCUT2D eigenvalue weighted by molar-refractivity contribution is -0.384. The number of carboxylic acid groups (broad SMARTS) is 1. The van der Waals surface area contributed by atoms with E-state index in [1.54, 1.807) is 19.1 Å². The van der Waals surface area contributed by atoms with E-state index in [2.05, 4.69) is 0 Å². The Hall–Kier alpha value is -3.65. The molecule has 0 aromatic heterocycles. The normalized spacial score (nSPS) is 11.7. The summed E-state index contributed by atoms with van der Waals surface area (Å²) in [5.74, 6) is -0.820. The molecule has 0 saturated carbocycles. The van der Waals surface area contributed by atoms with Gasteiger partial charge in [-0.05, 0) is 44.5 Å². The average molecular weight is 471 g/mol. The third-order valence-electron chi connectivity index (χ3n) is 5.25. The van der Waals surface area contributed by atoms with Crippen molar-refractivity contribution in [3.05, 3.63) is 75.3 Å². The molecule has 0 aliphatic rings. The molecule has 9 heteroatoms. The van der Waals surface area contributed by atoms with Crippen LogP contribution in [0, 0.1) is 10.1 Å². The van der Waals surface area contributed by atoms with Gasteiger partial charge in [0.2, 0.25) is 0 Å². The van der Waals surface area contributed by atoms with Crippen LogP contribution in [0.5, 0.6) is 5.75 Å². The summed E-state index contributed by atoms with van der Waals surface area (Å²) in [6, 6.07) is 14.3. The Morgan fingerprint density at radius 2 is 1.85 bits per heavy atom. The number of hydrogen-bond acceptors (Lipinski definition) is 5. The maximum Gasteiger partial charge on any atom is 0.303 e. The molecule has 3 aromatic rings. The molecule has 0 aliphatic heterocycles. The summed E-state index contributed by atoms with van der Waals surface area (Å²) in [6.07, 6.45) is 0.0545. The predicted molar refractivity (Wildman–Crippen MR) is 126 cm³/mol. The molecule has 0 saturated heterocycles. The number of nitro benzene ring substituents is 1. The van der Waals surface area contributed by atoms with Gasteiger partial charge in [-0.25, -0.2) is 0 Å². The number of hydrogen-bond donors (Lipinski definition) is 1. The van der Waals surface area contributed by atoms with Crippen molar-refractivity contribution in [2.45, 2.75) is 32.7 Å². The number of anilines is 1. The lowest BCUT2D eigenvalue weighted by atomic mass is 10.0. The summed E-state index contributed by atoms with van der Waals surface area (Å²) in [5.41, 5.74) is 0.248. The average Bonchev–Trinajstić information content (AvgIpc) is 2.79. The quantitative estimate of drug-likeness (QED) is 0.317. The summed E-state index contributed by atoms with van der Waals surface area (Å²) in [6.45, 7) is 4.09. The van der Waals surface area contributed by atoms with Crippen LogP contribution in [0.3, 0.4) is 0 Å². The molecular formula is C24H23ClN2O6. The Balaban J connectivity index is 2.16. The first kappa shape index (κ1) is 24.0. The molecule has 0 spiro atoms. The molecule has 3 rings (SSSR count). The molecule has 172 valence electrons. The highest BCUT2D eigenvalue weighted by atomic mass is 35.5. The van der Waals surface area contributed by atoms with Crippen LogP contribution in [0.2, 0.25) is 5.02 Å². The fourth-order valence-electron chi connectivity index (χ4n) is 3.68. The zero-order valence-electron chi connectivity index (χ0n) is 18.2. The number of carboxylic acids is 1. The first-order valence-corrected chi connectivity index (χ1v) is 10.8. The van der Waals surface area contributed by atoms with Gasteiger partial charge in [0.25, 0.3) is 11.6 Å². The van der Waals surface area contributed by atoms with Gasteiger partial charge in [0, 0.05) is 34.9 Å². The fourth-order valence-corrected chi connectivity index (χ4v) is 3.87. The third kappa shape index (κ3) is 5.23. The van der Waals surface area contributed by atoms with Crippen LogP contribution >= 0.6 is 11.6 Å². The minimum atomic E-state index is -0.979. The molecule has 0 fully saturated rings. The van der Waals surface area contributed by atoms with Gasteiger partial charge in [0.1, 0.15) is 10.8 Å². The molecule has 0 bridgehead atoms. The van der Waals surface area contributed by atoms with Crippen molar-refractivity contribution in [2.75, 3.05) is 11.5 Å². The number of rotatable bonds is 9. The number of nitro groups is 1. The monoisotopic (exact) mass is 470 g/mol. The van der Waals surface area contributed by atoms with Crippen molar-refractivity contribution < 1.29 is 24.4 Å². The predicted octanol–water partition coefficient (Wildman–Crippen LogP) is 5.70. The number of amides is 1. The van der Waals surface area contributed by atoms with E-state index in [0.717, 1.165) is 16.8 Å². The molecule has 8 nitrogen and oxygen atoms in total.